The number of rotatable bonds is 5. The van der Waals surface area contributed by atoms with E-state index in [0.29, 0.717) is 0 Å². The van der Waals surface area contributed by atoms with Crippen LogP contribution in [-0.4, -0.2) is 16.7 Å². The monoisotopic (exact) mass is 334 g/mol. The van der Waals surface area contributed by atoms with E-state index in [0.717, 1.165) is 35.1 Å². The Hall–Kier alpha value is -2.29. The number of ether oxygens (including phenoxy) is 1. The molecular weight excluding hydrogens is 308 g/mol. The van der Waals surface area contributed by atoms with Gasteiger partial charge in [0, 0.05) is 12.1 Å². The fraction of sp³-hybridized carbons (Fsp3) is 0.409. The van der Waals surface area contributed by atoms with Crippen LogP contribution in [0.15, 0.2) is 48.5 Å². The lowest BCUT2D eigenvalue weighted by molar-refractivity contribution is 0.326. The Bertz CT molecular complexity index is 846. The molecule has 0 amide bonds. The lowest BCUT2D eigenvalue weighted by Gasteiger charge is -2.22. The van der Waals surface area contributed by atoms with Gasteiger partial charge in [0.1, 0.15) is 11.6 Å². The normalized spacial score (nSPS) is 15.6. The number of methoxy groups -OCH3 is 1. The van der Waals surface area contributed by atoms with Gasteiger partial charge >= 0.3 is 0 Å². The van der Waals surface area contributed by atoms with E-state index in [1.807, 2.05) is 12.1 Å². The van der Waals surface area contributed by atoms with Crippen LogP contribution in [0.3, 0.4) is 0 Å². The van der Waals surface area contributed by atoms with Crippen molar-refractivity contribution < 1.29 is 4.74 Å². The van der Waals surface area contributed by atoms with Gasteiger partial charge in [-0.25, -0.2) is 4.98 Å². The highest BCUT2D eigenvalue weighted by atomic mass is 16.5. The molecule has 0 atom stereocenters. The molecule has 1 aromatic heterocycles. The van der Waals surface area contributed by atoms with Crippen LogP contribution in [0, 0.1) is 5.92 Å². The number of nitrogens with zero attached hydrogens (tertiary/aromatic N) is 2. The van der Waals surface area contributed by atoms with Crippen LogP contribution in [0.25, 0.3) is 22.4 Å². The third-order valence-corrected chi connectivity index (χ3v) is 5.47. The quantitative estimate of drug-likeness (QED) is 0.600. The highest BCUT2D eigenvalue weighted by molar-refractivity contribution is 5.80. The van der Waals surface area contributed by atoms with Crippen LogP contribution in [0.5, 0.6) is 5.75 Å². The van der Waals surface area contributed by atoms with Gasteiger partial charge in [0.05, 0.1) is 18.1 Å². The van der Waals surface area contributed by atoms with Gasteiger partial charge in [-0.15, -0.1) is 0 Å². The van der Waals surface area contributed by atoms with Crippen molar-refractivity contribution in [3.63, 3.8) is 0 Å². The Kier molecular flexibility index (Phi) is 4.73. The minimum Gasteiger partial charge on any atom is -0.497 e. The molecule has 3 aromatic rings. The van der Waals surface area contributed by atoms with Crippen molar-refractivity contribution in [3.05, 3.63) is 48.5 Å². The Labute approximate surface area is 149 Å². The summed E-state index contributed by atoms with van der Waals surface area (Å²) in [5, 5.41) is 0. The first-order valence-electron chi connectivity index (χ1n) is 9.45. The van der Waals surface area contributed by atoms with Crippen LogP contribution in [0.2, 0.25) is 0 Å². The lowest BCUT2D eigenvalue weighted by atomic mass is 9.87. The smallest absolute Gasteiger partial charge is 0.141 e. The molecule has 25 heavy (non-hydrogen) atoms. The number of hydrogen-bond donors (Lipinski definition) is 0. The summed E-state index contributed by atoms with van der Waals surface area (Å²) in [6.45, 7) is 1.04. The van der Waals surface area contributed by atoms with Crippen molar-refractivity contribution >= 4 is 11.0 Å². The number of fused-ring (bicyclic) bond motifs is 1. The molecule has 0 bridgehead atoms. The maximum Gasteiger partial charge on any atom is 0.141 e. The van der Waals surface area contributed by atoms with E-state index >= 15 is 0 Å². The van der Waals surface area contributed by atoms with E-state index < -0.39 is 0 Å². The zero-order chi connectivity index (χ0) is 17.1. The van der Waals surface area contributed by atoms with Gasteiger partial charge in [-0.1, -0.05) is 56.4 Å². The average Bonchev–Trinajstić information content (AvgIpc) is 3.06. The lowest BCUT2D eigenvalue weighted by Crippen LogP contribution is -2.10. The van der Waals surface area contributed by atoms with Gasteiger partial charge in [0.2, 0.25) is 0 Å². The van der Waals surface area contributed by atoms with E-state index in [-0.39, 0.29) is 0 Å². The molecule has 0 radical (unpaired) electrons. The molecule has 1 aliphatic rings. The average molecular weight is 334 g/mol. The second kappa shape index (κ2) is 7.30. The predicted molar refractivity (Wildman–Crippen MR) is 103 cm³/mol. The summed E-state index contributed by atoms with van der Waals surface area (Å²) in [6, 6.07) is 16.7. The molecule has 0 aliphatic heterocycles. The SMILES string of the molecule is COc1cccc(-c2nc3ccccc3n2CCC2CCCCC2)c1. The molecule has 1 heterocycles. The third-order valence-electron chi connectivity index (χ3n) is 5.47. The Morgan fingerprint density at radius 1 is 1.04 bits per heavy atom. The highest BCUT2D eigenvalue weighted by Crippen LogP contribution is 2.31. The molecule has 0 saturated heterocycles. The topological polar surface area (TPSA) is 27.1 Å². The largest absolute Gasteiger partial charge is 0.497 e. The van der Waals surface area contributed by atoms with Crippen molar-refractivity contribution in [1.82, 2.24) is 9.55 Å². The molecule has 3 heteroatoms. The third kappa shape index (κ3) is 3.41. The van der Waals surface area contributed by atoms with Crippen LogP contribution >= 0.6 is 0 Å². The first-order chi connectivity index (χ1) is 12.3. The van der Waals surface area contributed by atoms with E-state index in [9.17, 15) is 0 Å². The summed E-state index contributed by atoms with van der Waals surface area (Å²) in [5.74, 6) is 2.80. The van der Waals surface area contributed by atoms with E-state index in [1.54, 1.807) is 7.11 Å². The van der Waals surface area contributed by atoms with E-state index in [2.05, 4.69) is 41.0 Å². The zero-order valence-electron chi connectivity index (χ0n) is 14.9. The maximum atomic E-state index is 5.41. The Balaban J connectivity index is 1.69. The maximum absolute atomic E-state index is 5.41. The molecule has 1 fully saturated rings. The van der Waals surface area contributed by atoms with Crippen molar-refractivity contribution in [2.75, 3.05) is 7.11 Å². The minimum atomic E-state index is 0.869. The number of benzene rings is 2. The minimum absolute atomic E-state index is 0.869. The summed E-state index contributed by atoms with van der Waals surface area (Å²) < 4.78 is 7.81. The molecule has 0 N–H and O–H groups in total. The fourth-order valence-corrected chi connectivity index (χ4v) is 4.07. The standard InChI is InChI=1S/C22H26N2O/c1-25-19-11-7-10-18(16-19)22-23-20-12-5-6-13-21(20)24(22)15-14-17-8-3-2-4-9-17/h5-7,10-13,16-17H,2-4,8-9,14-15H2,1H3. The number of imidazole rings is 1. The second-order valence-electron chi connectivity index (χ2n) is 7.10. The van der Waals surface area contributed by atoms with E-state index in [1.165, 1.54) is 44.0 Å². The molecule has 130 valence electrons. The summed E-state index contributed by atoms with van der Waals surface area (Å²) in [4.78, 5) is 4.93. The van der Waals surface area contributed by atoms with Gasteiger partial charge in [0.25, 0.3) is 0 Å². The molecule has 0 spiro atoms. The Morgan fingerprint density at radius 3 is 2.72 bits per heavy atom. The van der Waals surface area contributed by atoms with Crippen LogP contribution in [0.4, 0.5) is 0 Å². The van der Waals surface area contributed by atoms with Gasteiger partial charge in [-0.2, -0.15) is 0 Å². The van der Waals surface area contributed by atoms with Crippen LogP contribution in [-0.2, 0) is 6.54 Å². The van der Waals surface area contributed by atoms with Gasteiger partial charge in [-0.3, -0.25) is 0 Å². The molecule has 1 aliphatic carbocycles. The first kappa shape index (κ1) is 16.2. The first-order valence-corrected chi connectivity index (χ1v) is 9.45. The van der Waals surface area contributed by atoms with Crippen LogP contribution < -0.4 is 4.74 Å². The zero-order valence-corrected chi connectivity index (χ0v) is 14.9. The number of para-hydroxylation sites is 2. The summed E-state index contributed by atoms with van der Waals surface area (Å²) >= 11 is 0. The molecule has 3 nitrogen and oxygen atoms in total. The Morgan fingerprint density at radius 2 is 1.88 bits per heavy atom. The van der Waals surface area contributed by atoms with Gasteiger partial charge in [0.15, 0.2) is 0 Å². The molecule has 2 aromatic carbocycles. The summed E-state index contributed by atoms with van der Waals surface area (Å²) in [6.07, 6.45) is 8.25. The van der Waals surface area contributed by atoms with Crippen molar-refractivity contribution in [2.45, 2.75) is 45.1 Å². The van der Waals surface area contributed by atoms with Gasteiger partial charge < -0.3 is 9.30 Å². The summed E-state index contributed by atoms with van der Waals surface area (Å²) in [5.41, 5.74) is 3.43. The van der Waals surface area contributed by atoms with Crippen molar-refractivity contribution in [2.24, 2.45) is 5.92 Å². The highest BCUT2D eigenvalue weighted by Gasteiger charge is 2.17. The molecule has 0 unspecified atom stereocenters. The van der Waals surface area contributed by atoms with Crippen LogP contribution in [0.1, 0.15) is 38.5 Å². The predicted octanol–water partition coefficient (Wildman–Crippen LogP) is 5.68. The van der Waals surface area contributed by atoms with Crippen molar-refractivity contribution in [1.29, 1.82) is 0 Å². The van der Waals surface area contributed by atoms with E-state index in [4.69, 9.17) is 9.72 Å². The number of aromatic nitrogens is 2. The molecule has 1 saturated carbocycles. The number of aryl methyl sites for hydroxylation is 1. The summed E-state index contributed by atoms with van der Waals surface area (Å²) in [7, 11) is 1.71. The molecular formula is C22H26N2O. The van der Waals surface area contributed by atoms with Gasteiger partial charge in [-0.05, 0) is 36.6 Å². The second-order valence-corrected chi connectivity index (χ2v) is 7.10. The fourth-order valence-electron chi connectivity index (χ4n) is 4.07. The molecule has 4 rings (SSSR count). The number of hydrogen-bond acceptors (Lipinski definition) is 2. The van der Waals surface area contributed by atoms with Crippen molar-refractivity contribution in [3.8, 4) is 17.1 Å².